The van der Waals surface area contributed by atoms with Gasteiger partial charge in [-0.15, -0.1) is 0 Å². The number of ketones is 1. The maximum atomic E-state index is 11.5. The maximum absolute atomic E-state index is 11.5. The van der Waals surface area contributed by atoms with E-state index in [0.717, 1.165) is 32.6 Å². The van der Waals surface area contributed by atoms with E-state index < -0.39 is 0 Å². The Morgan fingerprint density at radius 1 is 1.31 bits per heavy atom. The van der Waals surface area contributed by atoms with Crippen LogP contribution in [0.3, 0.4) is 0 Å². The van der Waals surface area contributed by atoms with Gasteiger partial charge in [0, 0.05) is 15.6 Å². The van der Waals surface area contributed by atoms with Crippen LogP contribution in [-0.4, -0.2) is 5.78 Å². The molecular formula is C10H8ClIO. The first kappa shape index (κ1) is 9.46. The monoisotopic (exact) mass is 306 g/mol. The van der Waals surface area contributed by atoms with Crippen LogP contribution in [0.15, 0.2) is 12.1 Å². The standard InChI is InChI=1S/C10H8ClIO/c11-8-4-6-2-1-3-10(13)7(6)5-9(8)12/h4-5H,1-3H2. The fourth-order valence-electron chi connectivity index (χ4n) is 1.63. The molecule has 0 saturated carbocycles. The van der Waals surface area contributed by atoms with E-state index in [1.807, 2.05) is 12.1 Å². The van der Waals surface area contributed by atoms with Gasteiger partial charge in [0.2, 0.25) is 0 Å². The highest BCUT2D eigenvalue weighted by molar-refractivity contribution is 14.1. The van der Waals surface area contributed by atoms with Gasteiger partial charge in [-0.1, -0.05) is 11.6 Å². The predicted molar refractivity (Wildman–Crippen MR) is 61.4 cm³/mol. The lowest BCUT2D eigenvalue weighted by Crippen LogP contribution is -2.10. The van der Waals surface area contributed by atoms with E-state index in [1.54, 1.807) is 0 Å². The van der Waals surface area contributed by atoms with Crippen molar-refractivity contribution < 1.29 is 4.79 Å². The van der Waals surface area contributed by atoms with Crippen LogP contribution in [0.5, 0.6) is 0 Å². The van der Waals surface area contributed by atoms with Crippen LogP contribution in [0.2, 0.25) is 5.02 Å². The first-order valence-electron chi connectivity index (χ1n) is 4.19. The van der Waals surface area contributed by atoms with Gasteiger partial charge in [0.15, 0.2) is 5.78 Å². The molecule has 2 rings (SSSR count). The summed E-state index contributed by atoms with van der Waals surface area (Å²) in [6, 6.07) is 3.83. The van der Waals surface area contributed by atoms with Crippen LogP contribution in [0, 0.1) is 3.57 Å². The highest BCUT2D eigenvalue weighted by Gasteiger charge is 2.18. The summed E-state index contributed by atoms with van der Waals surface area (Å²) in [6.07, 6.45) is 2.63. The van der Waals surface area contributed by atoms with Crippen molar-refractivity contribution in [3.8, 4) is 0 Å². The van der Waals surface area contributed by atoms with E-state index in [4.69, 9.17) is 11.6 Å². The van der Waals surface area contributed by atoms with Crippen molar-refractivity contribution in [3.63, 3.8) is 0 Å². The van der Waals surface area contributed by atoms with E-state index in [-0.39, 0.29) is 5.78 Å². The zero-order chi connectivity index (χ0) is 9.42. The molecule has 0 N–H and O–H groups in total. The Morgan fingerprint density at radius 3 is 2.85 bits per heavy atom. The summed E-state index contributed by atoms with van der Waals surface area (Å²) in [5.74, 6) is 0.260. The number of fused-ring (bicyclic) bond motifs is 1. The molecule has 1 nitrogen and oxygen atoms in total. The van der Waals surface area contributed by atoms with Gasteiger partial charge in [-0.3, -0.25) is 4.79 Å². The maximum Gasteiger partial charge on any atom is 0.163 e. The third-order valence-corrected chi connectivity index (χ3v) is 3.82. The number of hydrogen-bond acceptors (Lipinski definition) is 1. The number of benzene rings is 1. The van der Waals surface area contributed by atoms with Crippen LogP contribution in [0.1, 0.15) is 28.8 Å². The number of Topliss-reactive ketones (excluding diaryl/α,β-unsaturated/α-hetero) is 1. The summed E-state index contributed by atoms with van der Waals surface area (Å²) >= 11 is 8.13. The topological polar surface area (TPSA) is 17.1 Å². The molecule has 0 bridgehead atoms. The van der Waals surface area contributed by atoms with Crippen molar-refractivity contribution in [1.29, 1.82) is 0 Å². The largest absolute Gasteiger partial charge is 0.294 e. The average molecular weight is 307 g/mol. The molecule has 1 aliphatic rings. The summed E-state index contributed by atoms with van der Waals surface area (Å²) in [5.41, 5.74) is 1.99. The quantitative estimate of drug-likeness (QED) is 0.671. The van der Waals surface area contributed by atoms with Crippen molar-refractivity contribution in [1.82, 2.24) is 0 Å². The fourth-order valence-corrected chi connectivity index (χ4v) is 2.28. The summed E-state index contributed by atoms with van der Waals surface area (Å²) in [6.45, 7) is 0. The smallest absolute Gasteiger partial charge is 0.163 e. The number of carbonyl (C=O) groups excluding carboxylic acids is 1. The van der Waals surface area contributed by atoms with Gasteiger partial charge in [-0.2, -0.15) is 0 Å². The molecule has 1 aromatic carbocycles. The minimum atomic E-state index is 0.260. The van der Waals surface area contributed by atoms with Gasteiger partial charge in [0.05, 0.1) is 5.02 Å². The Labute approximate surface area is 95.6 Å². The lowest BCUT2D eigenvalue weighted by molar-refractivity contribution is 0.0972. The zero-order valence-electron chi connectivity index (χ0n) is 6.94. The third-order valence-electron chi connectivity index (χ3n) is 2.30. The molecule has 3 heteroatoms. The fraction of sp³-hybridized carbons (Fsp3) is 0.300. The lowest BCUT2D eigenvalue weighted by Gasteiger charge is -2.15. The highest BCUT2D eigenvalue weighted by Crippen LogP contribution is 2.28. The second-order valence-corrected chi connectivity index (χ2v) is 4.77. The van der Waals surface area contributed by atoms with Crippen molar-refractivity contribution in [3.05, 3.63) is 31.9 Å². The molecule has 1 aromatic rings. The van der Waals surface area contributed by atoms with E-state index in [9.17, 15) is 4.79 Å². The molecule has 1 aliphatic carbocycles. The Kier molecular flexibility index (Phi) is 2.60. The summed E-state index contributed by atoms with van der Waals surface area (Å²) < 4.78 is 0.966. The molecule has 0 atom stereocenters. The zero-order valence-corrected chi connectivity index (χ0v) is 9.85. The summed E-state index contributed by atoms with van der Waals surface area (Å²) in [7, 11) is 0. The van der Waals surface area contributed by atoms with Crippen LogP contribution < -0.4 is 0 Å². The third kappa shape index (κ3) is 1.74. The van der Waals surface area contributed by atoms with E-state index in [2.05, 4.69) is 22.6 Å². The Morgan fingerprint density at radius 2 is 2.08 bits per heavy atom. The predicted octanol–water partition coefficient (Wildman–Crippen LogP) is 3.46. The Hall–Kier alpha value is -0.0900. The van der Waals surface area contributed by atoms with Crippen LogP contribution in [0.25, 0.3) is 0 Å². The van der Waals surface area contributed by atoms with E-state index >= 15 is 0 Å². The van der Waals surface area contributed by atoms with E-state index in [0.29, 0.717) is 6.42 Å². The number of rotatable bonds is 0. The number of carbonyl (C=O) groups is 1. The van der Waals surface area contributed by atoms with E-state index in [1.165, 1.54) is 0 Å². The van der Waals surface area contributed by atoms with Gasteiger partial charge in [0.25, 0.3) is 0 Å². The van der Waals surface area contributed by atoms with Crippen molar-refractivity contribution >= 4 is 40.0 Å². The second-order valence-electron chi connectivity index (χ2n) is 3.20. The van der Waals surface area contributed by atoms with Crippen molar-refractivity contribution in [2.75, 3.05) is 0 Å². The molecule has 0 heterocycles. The van der Waals surface area contributed by atoms with Gasteiger partial charge < -0.3 is 0 Å². The Bertz CT molecular complexity index is 373. The molecule has 0 aromatic heterocycles. The highest BCUT2D eigenvalue weighted by atomic mass is 127. The molecule has 0 fully saturated rings. The number of halogens is 2. The SMILES string of the molecule is O=C1CCCc2cc(Cl)c(I)cc21. The van der Waals surface area contributed by atoms with Crippen LogP contribution in [-0.2, 0) is 6.42 Å². The molecule has 0 spiro atoms. The summed E-state index contributed by atoms with van der Waals surface area (Å²) in [4.78, 5) is 11.5. The molecular weight excluding hydrogens is 298 g/mol. The van der Waals surface area contributed by atoms with Crippen LogP contribution >= 0.6 is 34.2 Å². The first-order valence-corrected chi connectivity index (χ1v) is 5.65. The molecule has 13 heavy (non-hydrogen) atoms. The molecule has 0 radical (unpaired) electrons. The Balaban J connectivity index is 2.58. The minimum absolute atomic E-state index is 0.260. The molecule has 68 valence electrons. The average Bonchev–Trinajstić information content (AvgIpc) is 2.09. The van der Waals surface area contributed by atoms with Gasteiger partial charge in [-0.25, -0.2) is 0 Å². The van der Waals surface area contributed by atoms with Crippen molar-refractivity contribution in [2.24, 2.45) is 0 Å². The first-order chi connectivity index (χ1) is 6.18. The van der Waals surface area contributed by atoms with Gasteiger partial charge in [-0.05, 0) is 53.1 Å². The molecule has 0 unspecified atom stereocenters. The van der Waals surface area contributed by atoms with Crippen LogP contribution in [0.4, 0.5) is 0 Å². The van der Waals surface area contributed by atoms with Gasteiger partial charge in [0.1, 0.15) is 0 Å². The lowest BCUT2D eigenvalue weighted by atomic mass is 9.91. The van der Waals surface area contributed by atoms with Crippen molar-refractivity contribution in [2.45, 2.75) is 19.3 Å². The minimum Gasteiger partial charge on any atom is -0.294 e. The summed E-state index contributed by atoms with van der Waals surface area (Å²) in [5, 5.41) is 0.758. The molecule has 0 saturated heterocycles. The normalized spacial score (nSPS) is 15.7. The molecule has 0 aliphatic heterocycles. The van der Waals surface area contributed by atoms with Gasteiger partial charge >= 0.3 is 0 Å². The molecule has 0 amide bonds. The number of aryl methyl sites for hydroxylation is 1. The second kappa shape index (κ2) is 3.58. The number of hydrogen-bond donors (Lipinski definition) is 0.